The predicted octanol–water partition coefficient (Wildman–Crippen LogP) is 5.43. The normalized spacial score (nSPS) is 32.4. The quantitative estimate of drug-likeness (QED) is 0.314. The van der Waals surface area contributed by atoms with Crippen molar-refractivity contribution in [3.8, 4) is 0 Å². The van der Waals surface area contributed by atoms with Gasteiger partial charge in [0, 0.05) is 11.8 Å². The van der Waals surface area contributed by atoms with Crippen LogP contribution in [0.5, 0.6) is 0 Å². The molecule has 2 rings (SSSR count). The number of Topliss-reactive ketones (excluding diaryl/α,β-unsaturated/α-hetero) is 1. The smallest absolute Gasteiger partial charge is 0.154 e. The third kappa shape index (κ3) is 3.32. The number of carbonyl (C=O) groups is 1. The van der Waals surface area contributed by atoms with Crippen molar-refractivity contribution in [2.24, 2.45) is 11.8 Å². The number of unbranched alkanes of at least 4 members (excludes halogenated alkanes) is 7. The van der Waals surface area contributed by atoms with Gasteiger partial charge in [0.05, 0.1) is 4.32 Å². The summed E-state index contributed by atoms with van der Waals surface area (Å²) in [4.78, 5) is 12.1. The molecule has 0 amide bonds. The highest BCUT2D eigenvalue weighted by atomic mass is 79.9. The van der Waals surface area contributed by atoms with E-state index in [9.17, 15) is 4.79 Å². The van der Waals surface area contributed by atoms with E-state index in [2.05, 4.69) is 35.0 Å². The third-order valence-electron chi connectivity index (χ3n) is 4.84. The van der Waals surface area contributed by atoms with Gasteiger partial charge in [0.1, 0.15) is 0 Å². The van der Waals surface area contributed by atoms with E-state index >= 15 is 0 Å². The summed E-state index contributed by atoms with van der Waals surface area (Å²) in [5, 5.41) is 0. The molecule has 0 heterocycles. The van der Waals surface area contributed by atoms with E-state index in [0.29, 0.717) is 17.6 Å². The summed E-state index contributed by atoms with van der Waals surface area (Å²) in [6, 6.07) is 0. The Hall–Kier alpha value is -0.110. The highest BCUT2D eigenvalue weighted by Crippen LogP contribution is 2.54. The summed E-state index contributed by atoms with van der Waals surface area (Å²) in [5.41, 5.74) is 0. The Morgan fingerprint density at radius 3 is 2.47 bits per heavy atom. The first-order valence-corrected chi connectivity index (χ1v) is 8.89. The average molecular weight is 327 g/mol. The van der Waals surface area contributed by atoms with Crippen LogP contribution < -0.4 is 0 Å². The third-order valence-corrected chi connectivity index (χ3v) is 6.15. The molecule has 0 saturated heterocycles. The minimum Gasteiger partial charge on any atom is -0.298 e. The molecular formula is C17H27BrO. The van der Waals surface area contributed by atoms with Crippen molar-refractivity contribution in [3.63, 3.8) is 0 Å². The van der Waals surface area contributed by atoms with Crippen LogP contribution in [0.4, 0.5) is 0 Å². The summed E-state index contributed by atoms with van der Waals surface area (Å²) in [5.74, 6) is 1.27. The van der Waals surface area contributed by atoms with E-state index in [1.165, 1.54) is 51.4 Å². The molecule has 0 aromatic heterocycles. The number of carbonyl (C=O) groups excluding carboxylic acids is 1. The van der Waals surface area contributed by atoms with E-state index in [-0.39, 0.29) is 4.32 Å². The molecule has 2 aliphatic rings. The lowest BCUT2D eigenvalue weighted by Gasteiger charge is -2.46. The highest BCUT2D eigenvalue weighted by molar-refractivity contribution is 9.10. The van der Waals surface area contributed by atoms with Crippen molar-refractivity contribution in [1.82, 2.24) is 0 Å². The fourth-order valence-corrected chi connectivity index (χ4v) is 4.62. The monoisotopic (exact) mass is 326 g/mol. The number of rotatable bonds is 9. The zero-order chi connectivity index (χ0) is 13.7. The maximum Gasteiger partial charge on any atom is 0.154 e. The summed E-state index contributed by atoms with van der Waals surface area (Å²) < 4.78 is -0.188. The zero-order valence-electron chi connectivity index (χ0n) is 12.2. The number of alkyl halides is 1. The first kappa shape index (κ1) is 15.3. The Bertz CT molecular complexity index is 336. The number of fused-ring (bicyclic) bond motifs is 1. The molecule has 0 aliphatic heterocycles. The van der Waals surface area contributed by atoms with E-state index in [1.54, 1.807) is 0 Å². The lowest BCUT2D eigenvalue weighted by molar-refractivity contribution is -0.136. The molecule has 1 nitrogen and oxygen atoms in total. The van der Waals surface area contributed by atoms with E-state index in [1.807, 2.05) is 0 Å². The molecule has 0 N–H and O–H groups in total. The molecular weight excluding hydrogens is 300 g/mol. The second kappa shape index (κ2) is 7.06. The maximum atomic E-state index is 12.1. The Balaban J connectivity index is 1.56. The van der Waals surface area contributed by atoms with Gasteiger partial charge in [0.25, 0.3) is 0 Å². The van der Waals surface area contributed by atoms with Gasteiger partial charge in [-0.15, -0.1) is 0 Å². The topological polar surface area (TPSA) is 17.1 Å². The number of halogens is 1. The zero-order valence-corrected chi connectivity index (χ0v) is 13.8. The molecule has 0 aromatic rings. The fraction of sp³-hybridized carbons (Fsp3) is 0.824. The lowest BCUT2D eigenvalue weighted by Crippen LogP contribution is -2.57. The predicted molar refractivity (Wildman–Crippen MR) is 84.6 cm³/mol. The van der Waals surface area contributed by atoms with Gasteiger partial charge in [0.15, 0.2) is 5.78 Å². The molecule has 108 valence electrons. The van der Waals surface area contributed by atoms with E-state index in [0.717, 1.165) is 12.8 Å². The first-order chi connectivity index (χ1) is 9.20. The summed E-state index contributed by atoms with van der Waals surface area (Å²) >= 11 is 3.74. The molecule has 0 unspecified atom stereocenters. The maximum absolute atomic E-state index is 12.1. The van der Waals surface area contributed by atoms with Gasteiger partial charge in [0.2, 0.25) is 0 Å². The van der Waals surface area contributed by atoms with Crippen LogP contribution in [-0.4, -0.2) is 10.1 Å². The summed E-state index contributed by atoms with van der Waals surface area (Å²) in [6.45, 7) is 2.26. The molecule has 0 spiro atoms. The van der Waals surface area contributed by atoms with Crippen LogP contribution in [0.1, 0.15) is 71.1 Å². The van der Waals surface area contributed by atoms with Crippen molar-refractivity contribution in [2.75, 3.05) is 0 Å². The van der Waals surface area contributed by atoms with Gasteiger partial charge < -0.3 is 0 Å². The minimum atomic E-state index is -0.188. The molecule has 0 bridgehead atoms. The summed E-state index contributed by atoms with van der Waals surface area (Å²) in [7, 11) is 0. The standard InChI is InChI=1S/C17H27BrO/c1-2-3-4-5-6-7-8-9-13-17(18)15-12-10-11-14(15)16(17)19/h10,12,14-15H,2-9,11,13H2,1H3/t14-,15+,17-/m0/s1. The van der Waals surface area contributed by atoms with Crippen LogP contribution >= 0.6 is 15.9 Å². The molecule has 0 radical (unpaired) electrons. The second-order valence-electron chi connectivity index (χ2n) is 6.25. The Morgan fingerprint density at radius 2 is 1.79 bits per heavy atom. The van der Waals surface area contributed by atoms with E-state index in [4.69, 9.17) is 0 Å². The molecule has 0 aromatic carbocycles. The van der Waals surface area contributed by atoms with Gasteiger partial charge in [-0.25, -0.2) is 0 Å². The fourth-order valence-electron chi connectivity index (χ4n) is 3.58. The minimum absolute atomic E-state index is 0.188. The van der Waals surface area contributed by atoms with Crippen LogP contribution in [0.15, 0.2) is 12.2 Å². The van der Waals surface area contributed by atoms with Crippen LogP contribution in [0.3, 0.4) is 0 Å². The average Bonchev–Trinajstić information content (AvgIpc) is 2.88. The second-order valence-corrected chi connectivity index (χ2v) is 7.66. The molecule has 2 heteroatoms. The van der Waals surface area contributed by atoms with Crippen molar-refractivity contribution in [2.45, 2.75) is 75.5 Å². The van der Waals surface area contributed by atoms with Crippen molar-refractivity contribution < 1.29 is 4.79 Å². The number of hydrogen-bond donors (Lipinski definition) is 0. The van der Waals surface area contributed by atoms with Gasteiger partial charge in [-0.3, -0.25) is 4.79 Å². The molecule has 2 aliphatic carbocycles. The number of hydrogen-bond acceptors (Lipinski definition) is 1. The van der Waals surface area contributed by atoms with E-state index < -0.39 is 0 Å². The lowest BCUT2D eigenvalue weighted by atomic mass is 9.63. The summed E-state index contributed by atoms with van der Waals surface area (Å²) in [6.07, 6.45) is 17.1. The van der Waals surface area contributed by atoms with Gasteiger partial charge in [-0.2, -0.15) is 0 Å². The van der Waals surface area contributed by atoms with Crippen LogP contribution in [0, 0.1) is 11.8 Å². The number of ketones is 1. The molecule has 3 atom stereocenters. The highest BCUT2D eigenvalue weighted by Gasteiger charge is 2.59. The Morgan fingerprint density at radius 1 is 1.16 bits per heavy atom. The van der Waals surface area contributed by atoms with Crippen LogP contribution in [0.25, 0.3) is 0 Å². The van der Waals surface area contributed by atoms with Gasteiger partial charge in [-0.1, -0.05) is 86.4 Å². The van der Waals surface area contributed by atoms with Gasteiger partial charge >= 0.3 is 0 Å². The molecule has 1 fully saturated rings. The Kier molecular flexibility index (Phi) is 5.68. The van der Waals surface area contributed by atoms with Crippen LogP contribution in [0.2, 0.25) is 0 Å². The van der Waals surface area contributed by atoms with Crippen molar-refractivity contribution in [3.05, 3.63) is 12.2 Å². The van der Waals surface area contributed by atoms with Crippen molar-refractivity contribution in [1.29, 1.82) is 0 Å². The molecule has 19 heavy (non-hydrogen) atoms. The largest absolute Gasteiger partial charge is 0.298 e. The molecule has 1 saturated carbocycles. The van der Waals surface area contributed by atoms with Crippen molar-refractivity contribution >= 4 is 21.7 Å². The van der Waals surface area contributed by atoms with Crippen LogP contribution in [-0.2, 0) is 4.79 Å². The SMILES string of the molecule is CCCCCCCCCC[C@@]1(Br)C(=O)[C@H]2CC=C[C@H]21. The number of allylic oxidation sites excluding steroid dienone is 2. The Labute approximate surface area is 126 Å². The van der Waals surface area contributed by atoms with Gasteiger partial charge in [-0.05, 0) is 12.8 Å². The first-order valence-electron chi connectivity index (χ1n) is 8.10.